The van der Waals surface area contributed by atoms with Crippen molar-refractivity contribution >= 4 is 5.96 Å². The molecule has 0 aliphatic carbocycles. The summed E-state index contributed by atoms with van der Waals surface area (Å²) in [5, 5.41) is 7.89. The zero-order chi connectivity index (χ0) is 21.8. The molecule has 1 fully saturated rings. The molecule has 0 bridgehead atoms. The van der Waals surface area contributed by atoms with Crippen LogP contribution in [0, 0.1) is 0 Å². The number of ether oxygens (including phenoxy) is 2. The van der Waals surface area contributed by atoms with Crippen molar-refractivity contribution < 1.29 is 9.47 Å². The third-order valence-corrected chi connectivity index (χ3v) is 5.91. The average Bonchev–Trinajstić information content (AvgIpc) is 3.40. The number of aryl methyl sites for hydroxylation is 1. The van der Waals surface area contributed by atoms with E-state index in [1.807, 2.05) is 31.0 Å². The van der Waals surface area contributed by atoms with E-state index in [2.05, 4.69) is 62.5 Å². The molecule has 1 aromatic heterocycles. The highest BCUT2D eigenvalue weighted by molar-refractivity contribution is 5.80. The summed E-state index contributed by atoms with van der Waals surface area (Å²) < 4.78 is 12.8. The second kappa shape index (κ2) is 9.57. The summed E-state index contributed by atoms with van der Waals surface area (Å²) >= 11 is 0. The molecule has 1 N–H and O–H groups in total. The predicted octanol–water partition coefficient (Wildman–Crippen LogP) is 1.14. The van der Waals surface area contributed by atoms with Crippen LogP contribution in [0.25, 0.3) is 0 Å². The van der Waals surface area contributed by atoms with Crippen molar-refractivity contribution in [1.82, 2.24) is 29.8 Å². The van der Waals surface area contributed by atoms with E-state index in [1.165, 1.54) is 11.1 Å². The first kappa shape index (κ1) is 21.5. The number of likely N-dealkylation sites (N-methyl/N-ethyl adjacent to an activating group) is 1. The Kier molecular flexibility index (Phi) is 6.62. The normalized spacial score (nSPS) is 18.0. The minimum Gasteiger partial charge on any atom is -0.454 e. The van der Waals surface area contributed by atoms with E-state index < -0.39 is 0 Å². The Morgan fingerprint density at radius 1 is 1.19 bits per heavy atom. The summed E-state index contributed by atoms with van der Waals surface area (Å²) in [5.41, 5.74) is 2.45. The summed E-state index contributed by atoms with van der Waals surface area (Å²) in [6.07, 6.45) is 4.01. The van der Waals surface area contributed by atoms with Crippen LogP contribution in [0.3, 0.4) is 0 Å². The molecule has 3 heterocycles. The standard InChI is InChI=1S/C22H33N7O2/c1-23-22(24-13-19(26(2)3)18-12-25-27(4)15-18)29-9-7-28(8-10-29)14-17-5-6-20-21(11-17)31-16-30-20/h5-6,11-12,15,19H,7-10,13-14,16H2,1-4H3,(H,23,24). The van der Waals surface area contributed by atoms with Crippen molar-refractivity contribution in [3.63, 3.8) is 0 Å². The van der Waals surface area contributed by atoms with E-state index in [1.54, 1.807) is 0 Å². The monoisotopic (exact) mass is 427 g/mol. The second-order valence-corrected chi connectivity index (χ2v) is 8.31. The molecule has 1 unspecified atom stereocenters. The van der Waals surface area contributed by atoms with Crippen LogP contribution in [0.4, 0.5) is 0 Å². The van der Waals surface area contributed by atoms with Crippen LogP contribution in [0.5, 0.6) is 11.5 Å². The summed E-state index contributed by atoms with van der Waals surface area (Å²) in [7, 11) is 8.00. The van der Waals surface area contributed by atoms with Gasteiger partial charge in [-0.2, -0.15) is 5.10 Å². The molecule has 0 spiro atoms. The van der Waals surface area contributed by atoms with E-state index in [0.29, 0.717) is 6.79 Å². The number of guanidine groups is 1. The highest BCUT2D eigenvalue weighted by Crippen LogP contribution is 2.32. The smallest absolute Gasteiger partial charge is 0.231 e. The average molecular weight is 428 g/mol. The van der Waals surface area contributed by atoms with Crippen LogP contribution >= 0.6 is 0 Å². The van der Waals surface area contributed by atoms with Crippen molar-refractivity contribution in [2.24, 2.45) is 12.0 Å². The van der Waals surface area contributed by atoms with Gasteiger partial charge in [-0.3, -0.25) is 14.6 Å². The SMILES string of the molecule is CN=C(NCC(c1cnn(C)c1)N(C)C)N1CCN(Cc2ccc3c(c2)OCO3)CC1. The molecular weight excluding hydrogens is 394 g/mol. The van der Waals surface area contributed by atoms with Crippen molar-refractivity contribution in [1.29, 1.82) is 0 Å². The van der Waals surface area contributed by atoms with E-state index >= 15 is 0 Å². The summed E-state index contributed by atoms with van der Waals surface area (Å²) in [5.74, 6) is 2.65. The first-order valence-electron chi connectivity index (χ1n) is 10.7. The first-order valence-corrected chi connectivity index (χ1v) is 10.7. The Balaban J connectivity index is 1.28. The highest BCUT2D eigenvalue weighted by Gasteiger charge is 2.22. The highest BCUT2D eigenvalue weighted by atomic mass is 16.7. The molecule has 0 saturated carbocycles. The van der Waals surface area contributed by atoms with E-state index in [0.717, 1.165) is 56.7 Å². The van der Waals surface area contributed by atoms with E-state index in [-0.39, 0.29) is 6.04 Å². The molecule has 1 saturated heterocycles. The molecule has 2 aromatic rings. The molecule has 9 nitrogen and oxygen atoms in total. The molecular formula is C22H33N7O2. The Hall–Kier alpha value is -2.78. The third-order valence-electron chi connectivity index (χ3n) is 5.91. The van der Waals surface area contributed by atoms with Gasteiger partial charge in [-0.1, -0.05) is 6.07 Å². The van der Waals surface area contributed by atoms with Crippen LogP contribution < -0.4 is 14.8 Å². The van der Waals surface area contributed by atoms with Gasteiger partial charge < -0.3 is 24.6 Å². The van der Waals surface area contributed by atoms with Crippen LogP contribution in [-0.4, -0.2) is 91.1 Å². The van der Waals surface area contributed by atoms with E-state index in [9.17, 15) is 0 Å². The maximum absolute atomic E-state index is 5.51. The molecule has 2 aliphatic rings. The largest absolute Gasteiger partial charge is 0.454 e. The number of benzene rings is 1. The molecule has 0 amide bonds. The lowest BCUT2D eigenvalue weighted by molar-refractivity contribution is 0.170. The Morgan fingerprint density at radius 3 is 2.65 bits per heavy atom. The zero-order valence-corrected chi connectivity index (χ0v) is 18.9. The number of aliphatic imine (C=N–C) groups is 1. The molecule has 4 rings (SSSR count). The van der Waals surface area contributed by atoms with Gasteiger partial charge in [0.15, 0.2) is 17.5 Å². The zero-order valence-electron chi connectivity index (χ0n) is 18.9. The van der Waals surface area contributed by atoms with Crippen LogP contribution in [0.15, 0.2) is 35.6 Å². The fraction of sp³-hybridized carbons (Fsp3) is 0.545. The van der Waals surface area contributed by atoms with Gasteiger partial charge in [0.25, 0.3) is 0 Å². The van der Waals surface area contributed by atoms with Crippen molar-refractivity contribution in [2.75, 3.05) is 60.7 Å². The van der Waals surface area contributed by atoms with Crippen molar-refractivity contribution in [2.45, 2.75) is 12.6 Å². The summed E-state index contributed by atoms with van der Waals surface area (Å²) in [6, 6.07) is 6.45. The lowest BCUT2D eigenvalue weighted by atomic mass is 10.1. The van der Waals surface area contributed by atoms with Gasteiger partial charge in [-0.15, -0.1) is 0 Å². The Labute approximate surface area is 184 Å². The number of nitrogens with one attached hydrogen (secondary N) is 1. The van der Waals surface area contributed by atoms with Crippen molar-refractivity contribution in [3.8, 4) is 11.5 Å². The number of nitrogens with zero attached hydrogens (tertiary/aromatic N) is 6. The number of hydrogen-bond acceptors (Lipinski definition) is 6. The lowest BCUT2D eigenvalue weighted by Gasteiger charge is -2.37. The quantitative estimate of drug-likeness (QED) is 0.548. The summed E-state index contributed by atoms with van der Waals surface area (Å²) in [6.45, 7) is 5.90. The number of piperazine rings is 1. The van der Waals surface area contributed by atoms with Crippen molar-refractivity contribution in [3.05, 3.63) is 41.7 Å². The maximum atomic E-state index is 5.51. The lowest BCUT2D eigenvalue weighted by Crippen LogP contribution is -2.53. The Bertz CT molecular complexity index is 903. The molecule has 2 aliphatic heterocycles. The number of aromatic nitrogens is 2. The topological polar surface area (TPSA) is 70.4 Å². The molecule has 1 aromatic carbocycles. The number of fused-ring (bicyclic) bond motifs is 1. The third kappa shape index (κ3) is 5.11. The molecule has 168 valence electrons. The molecule has 1 atom stereocenters. The van der Waals surface area contributed by atoms with Gasteiger partial charge in [-0.05, 0) is 31.8 Å². The fourth-order valence-corrected chi connectivity index (χ4v) is 4.15. The fourth-order valence-electron chi connectivity index (χ4n) is 4.15. The van der Waals surface area contributed by atoms with Gasteiger partial charge in [0.2, 0.25) is 6.79 Å². The molecule has 9 heteroatoms. The van der Waals surface area contributed by atoms with Gasteiger partial charge in [0.1, 0.15) is 0 Å². The molecule has 31 heavy (non-hydrogen) atoms. The minimum atomic E-state index is 0.234. The van der Waals surface area contributed by atoms with Crippen LogP contribution in [0.2, 0.25) is 0 Å². The van der Waals surface area contributed by atoms with Gasteiger partial charge >= 0.3 is 0 Å². The number of rotatable bonds is 6. The summed E-state index contributed by atoms with van der Waals surface area (Å²) in [4.78, 5) is 11.6. The second-order valence-electron chi connectivity index (χ2n) is 8.31. The van der Waals surface area contributed by atoms with Gasteiger partial charge in [-0.25, -0.2) is 0 Å². The Morgan fingerprint density at radius 2 is 1.97 bits per heavy atom. The minimum absolute atomic E-state index is 0.234. The van der Waals surface area contributed by atoms with E-state index in [4.69, 9.17) is 9.47 Å². The van der Waals surface area contributed by atoms with Gasteiger partial charge in [0.05, 0.1) is 12.2 Å². The maximum Gasteiger partial charge on any atom is 0.231 e. The van der Waals surface area contributed by atoms with Gasteiger partial charge in [0, 0.05) is 65.1 Å². The van der Waals surface area contributed by atoms with Crippen LogP contribution in [-0.2, 0) is 13.6 Å². The van der Waals surface area contributed by atoms with Crippen LogP contribution in [0.1, 0.15) is 17.2 Å². The predicted molar refractivity (Wildman–Crippen MR) is 120 cm³/mol. The molecule has 0 radical (unpaired) electrons. The number of hydrogen-bond donors (Lipinski definition) is 1. The first-order chi connectivity index (χ1) is 15.0.